The number of hydrogen-bond acceptors (Lipinski definition) is 4. The molecule has 3 aromatic rings. The normalized spacial score (nSPS) is 10.5. The van der Waals surface area contributed by atoms with Crippen LogP contribution in [0.5, 0.6) is 0 Å². The van der Waals surface area contributed by atoms with Crippen LogP contribution in [0.25, 0.3) is 0 Å². The lowest BCUT2D eigenvalue weighted by Crippen LogP contribution is -2.27. The first kappa shape index (κ1) is 19.5. The van der Waals surface area contributed by atoms with Crippen molar-refractivity contribution in [2.75, 3.05) is 11.9 Å². The van der Waals surface area contributed by atoms with Gasteiger partial charge in [-0.2, -0.15) is 5.10 Å². The molecule has 0 radical (unpaired) electrons. The van der Waals surface area contributed by atoms with Gasteiger partial charge >= 0.3 is 0 Å². The highest BCUT2D eigenvalue weighted by molar-refractivity contribution is 6.33. The predicted molar refractivity (Wildman–Crippen MR) is 103 cm³/mol. The fourth-order valence-electron chi connectivity index (χ4n) is 2.53. The van der Waals surface area contributed by atoms with Crippen molar-refractivity contribution in [2.24, 2.45) is 0 Å². The van der Waals surface area contributed by atoms with Gasteiger partial charge in [-0.05, 0) is 35.9 Å². The van der Waals surface area contributed by atoms with E-state index in [4.69, 9.17) is 11.6 Å². The smallest absolute Gasteiger partial charge is 0.252 e. The first-order chi connectivity index (χ1) is 13.5. The van der Waals surface area contributed by atoms with Gasteiger partial charge in [-0.3, -0.25) is 9.59 Å². The SMILES string of the molecule is O=C(CCNC(=O)c1ccc(F)cc1Cl)Nc1cccc(Cn2cncn2)c1. The molecule has 0 aliphatic carbocycles. The van der Waals surface area contributed by atoms with Crippen molar-refractivity contribution in [2.45, 2.75) is 13.0 Å². The van der Waals surface area contributed by atoms with Crippen LogP contribution in [0.3, 0.4) is 0 Å². The zero-order valence-corrected chi connectivity index (χ0v) is 15.5. The minimum absolute atomic E-state index is 0.0196. The Morgan fingerprint density at radius 1 is 1.18 bits per heavy atom. The molecule has 0 spiro atoms. The Labute approximate surface area is 165 Å². The van der Waals surface area contributed by atoms with E-state index in [-0.39, 0.29) is 29.5 Å². The van der Waals surface area contributed by atoms with E-state index in [2.05, 4.69) is 20.7 Å². The van der Waals surface area contributed by atoms with Crippen molar-refractivity contribution >= 4 is 29.1 Å². The van der Waals surface area contributed by atoms with Crippen LogP contribution in [0.2, 0.25) is 5.02 Å². The fourth-order valence-corrected chi connectivity index (χ4v) is 2.78. The molecule has 0 aliphatic heterocycles. The highest BCUT2D eigenvalue weighted by atomic mass is 35.5. The maximum absolute atomic E-state index is 13.0. The third kappa shape index (κ3) is 5.37. The molecule has 1 heterocycles. The van der Waals surface area contributed by atoms with E-state index in [1.54, 1.807) is 17.1 Å². The molecule has 0 unspecified atom stereocenters. The van der Waals surface area contributed by atoms with Crippen molar-refractivity contribution < 1.29 is 14.0 Å². The van der Waals surface area contributed by atoms with Crippen molar-refractivity contribution in [3.05, 3.63) is 77.1 Å². The van der Waals surface area contributed by atoms with Crippen LogP contribution < -0.4 is 10.6 Å². The molecule has 7 nitrogen and oxygen atoms in total. The fraction of sp³-hybridized carbons (Fsp3) is 0.158. The second kappa shape index (κ2) is 9.09. The summed E-state index contributed by atoms with van der Waals surface area (Å²) in [6.45, 7) is 0.662. The van der Waals surface area contributed by atoms with Crippen LogP contribution in [0.15, 0.2) is 55.1 Å². The molecule has 1 aromatic heterocycles. The number of hydrogen-bond donors (Lipinski definition) is 2. The van der Waals surface area contributed by atoms with Crippen molar-refractivity contribution in [3.63, 3.8) is 0 Å². The monoisotopic (exact) mass is 401 g/mol. The summed E-state index contributed by atoms with van der Waals surface area (Å²) in [6.07, 6.45) is 3.15. The van der Waals surface area contributed by atoms with Crippen LogP contribution >= 0.6 is 11.6 Å². The average Bonchev–Trinajstić information content (AvgIpc) is 3.15. The van der Waals surface area contributed by atoms with E-state index in [0.29, 0.717) is 12.2 Å². The molecule has 0 saturated heterocycles. The van der Waals surface area contributed by atoms with Gasteiger partial charge in [0.1, 0.15) is 18.5 Å². The molecule has 2 N–H and O–H groups in total. The molecule has 2 amide bonds. The number of halogens is 2. The van der Waals surface area contributed by atoms with Crippen LogP contribution in [-0.4, -0.2) is 33.1 Å². The maximum atomic E-state index is 13.0. The quantitative estimate of drug-likeness (QED) is 0.637. The van der Waals surface area contributed by atoms with Gasteiger partial charge in [-0.15, -0.1) is 0 Å². The van der Waals surface area contributed by atoms with Gasteiger partial charge in [0, 0.05) is 18.7 Å². The second-order valence-electron chi connectivity index (χ2n) is 5.97. The highest BCUT2D eigenvalue weighted by Gasteiger charge is 2.11. The van der Waals surface area contributed by atoms with Gasteiger partial charge in [0.05, 0.1) is 17.1 Å². The third-order valence-corrected chi connectivity index (χ3v) is 4.15. The summed E-state index contributed by atoms with van der Waals surface area (Å²) in [5.41, 5.74) is 1.77. The van der Waals surface area contributed by atoms with Crippen LogP contribution in [0.1, 0.15) is 22.3 Å². The summed E-state index contributed by atoms with van der Waals surface area (Å²) < 4.78 is 14.7. The number of benzene rings is 2. The van der Waals surface area contributed by atoms with Gasteiger partial charge in [-0.25, -0.2) is 14.1 Å². The minimum atomic E-state index is -0.521. The Morgan fingerprint density at radius 2 is 2.04 bits per heavy atom. The number of anilines is 1. The minimum Gasteiger partial charge on any atom is -0.351 e. The maximum Gasteiger partial charge on any atom is 0.252 e. The zero-order chi connectivity index (χ0) is 19.9. The topological polar surface area (TPSA) is 88.9 Å². The van der Waals surface area contributed by atoms with Crippen LogP contribution in [0.4, 0.5) is 10.1 Å². The molecule has 0 fully saturated rings. The molecule has 9 heteroatoms. The number of amides is 2. The largest absolute Gasteiger partial charge is 0.351 e. The summed E-state index contributed by atoms with van der Waals surface area (Å²) in [5.74, 6) is -1.23. The second-order valence-corrected chi connectivity index (χ2v) is 6.38. The number of nitrogens with one attached hydrogen (secondary N) is 2. The Bertz CT molecular complexity index is 978. The lowest BCUT2D eigenvalue weighted by molar-refractivity contribution is -0.116. The summed E-state index contributed by atoms with van der Waals surface area (Å²) in [7, 11) is 0. The van der Waals surface area contributed by atoms with Gasteiger partial charge in [0.25, 0.3) is 5.91 Å². The standard InChI is InChI=1S/C19H17ClFN5O2/c20-17-9-14(21)4-5-16(17)19(28)23-7-6-18(27)25-15-3-1-2-13(8-15)10-26-12-22-11-24-26/h1-5,8-9,11-12H,6-7,10H2,(H,23,28)(H,25,27). The molecule has 3 rings (SSSR count). The van der Waals surface area contributed by atoms with E-state index >= 15 is 0 Å². The lowest BCUT2D eigenvalue weighted by Gasteiger charge is -2.09. The van der Waals surface area contributed by atoms with Crippen LogP contribution in [0, 0.1) is 5.82 Å². The Balaban J connectivity index is 1.48. The molecule has 2 aromatic carbocycles. The molecule has 28 heavy (non-hydrogen) atoms. The number of aromatic nitrogens is 3. The number of carbonyl (C=O) groups excluding carboxylic acids is 2. The third-order valence-electron chi connectivity index (χ3n) is 3.84. The average molecular weight is 402 g/mol. The number of nitrogens with zero attached hydrogens (tertiary/aromatic N) is 3. The van der Waals surface area contributed by atoms with E-state index < -0.39 is 11.7 Å². The van der Waals surface area contributed by atoms with Crippen molar-refractivity contribution in [1.29, 1.82) is 0 Å². The summed E-state index contributed by atoms with van der Waals surface area (Å²) in [6, 6.07) is 10.9. The molecular formula is C19H17ClFN5O2. The summed E-state index contributed by atoms with van der Waals surface area (Å²) in [4.78, 5) is 28.0. The zero-order valence-electron chi connectivity index (χ0n) is 14.7. The number of rotatable bonds is 7. The lowest BCUT2D eigenvalue weighted by atomic mass is 10.2. The van der Waals surface area contributed by atoms with Crippen molar-refractivity contribution in [3.8, 4) is 0 Å². The molecule has 0 atom stereocenters. The van der Waals surface area contributed by atoms with Crippen LogP contribution in [-0.2, 0) is 11.3 Å². The molecule has 0 saturated carbocycles. The van der Waals surface area contributed by atoms with E-state index in [9.17, 15) is 14.0 Å². The van der Waals surface area contributed by atoms with Gasteiger partial charge in [0.2, 0.25) is 5.91 Å². The first-order valence-electron chi connectivity index (χ1n) is 8.46. The van der Waals surface area contributed by atoms with Gasteiger partial charge in [0.15, 0.2) is 0 Å². The van der Waals surface area contributed by atoms with Gasteiger partial charge < -0.3 is 10.6 Å². The van der Waals surface area contributed by atoms with E-state index in [1.165, 1.54) is 12.4 Å². The summed E-state index contributed by atoms with van der Waals surface area (Å²) >= 11 is 5.85. The summed E-state index contributed by atoms with van der Waals surface area (Å²) in [5, 5.41) is 9.44. The molecule has 0 aliphatic rings. The first-order valence-corrected chi connectivity index (χ1v) is 8.83. The molecule has 0 bridgehead atoms. The Hall–Kier alpha value is -3.26. The Morgan fingerprint density at radius 3 is 2.79 bits per heavy atom. The molecule has 144 valence electrons. The highest BCUT2D eigenvalue weighted by Crippen LogP contribution is 2.17. The predicted octanol–water partition coefficient (Wildman–Crippen LogP) is 2.88. The van der Waals surface area contributed by atoms with Crippen molar-refractivity contribution in [1.82, 2.24) is 20.1 Å². The van der Waals surface area contributed by atoms with Gasteiger partial charge in [-0.1, -0.05) is 23.7 Å². The Kier molecular flexibility index (Phi) is 6.33. The van der Waals surface area contributed by atoms with E-state index in [0.717, 1.165) is 17.7 Å². The van der Waals surface area contributed by atoms with E-state index in [1.807, 2.05) is 18.2 Å². The number of carbonyl (C=O) groups is 2. The molecular weight excluding hydrogens is 385 g/mol.